The number of aryl methyl sites for hydroxylation is 1. The summed E-state index contributed by atoms with van der Waals surface area (Å²) in [6.45, 7) is 1.81. The predicted molar refractivity (Wildman–Crippen MR) is 70.5 cm³/mol. The van der Waals surface area contributed by atoms with E-state index in [2.05, 4.69) is 5.32 Å². The molecule has 1 aliphatic carbocycles. The van der Waals surface area contributed by atoms with Crippen molar-refractivity contribution >= 4 is 5.91 Å². The summed E-state index contributed by atoms with van der Waals surface area (Å²) >= 11 is 0. The van der Waals surface area contributed by atoms with Crippen LogP contribution in [0.3, 0.4) is 0 Å². The first-order valence-electron chi connectivity index (χ1n) is 6.44. The first kappa shape index (κ1) is 12.9. The van der Waals surface area contributed by atoms with Crippen molar-refractivity contribution in [1.29, 1.82) is 0 Å². The Morgan fingerprint density at radius 1 is 1.39 bits per heavy atom. The Hall–Kier alpha value is -1.55. The van der Waals surface area contributed by atoms with Crippen molar-refractivity contribution in [3.05, 3.63) is 29.3 Å². The lowest BCUT2D eigenvalue weighted by Gasteiger charge is -2.29. The Morgan fingerprint density at radius 3 is 2.78 bits per heavy atom. The second-order valence-electron chi connectivity index (χ2n) is 5.03. The highest BCUT2D eigenvalue weighted by atomic mass is 16.3. The van der Waals surface area contributed by atoms with Gasteiger partial charge in [0.05, 0.1) is 0 Å². The standard InChI is InChI=1S/C14H20N2O2/c1-9-8-10(17)6-7-11(9)14(18)16-13-5-3-2-4-12(13)15/h6-8,12-13,17H,2-5,15H2,1H3,(H,16,18)/t12-,13-/m1/s1. The van der Waals surface area contributed by atoms with Gasteiger partial charge >= 0.3 is 0 Å². The molecule has 1 amide bonds. The van der Waals surface area contributed by atoms with Gasteiger partial charge in [0.2, 0.25) is 0 Å². The fraction of sp³-hybridized carbons (Fsp3) is 0.500. The normalized spacial score (nSPS) is 23.7. The Morgan fingerprint density at radius 2 is 2.11 bits per heavy atom. The third kappa shape index (κ3) is 2.82. The lowest BCUT2D eigenvalue weighted by molar-refractivity contribution is 0.0920. The van der Waals surface area contributed by atoms with Gasteiger partial charge in [0.1, 0.15) is 5.75 Å². The van der Waals surface area contributed by atoms with Crippen molar-refractivity contribution in [2.75, 3.05) is 0 Å². The molecule has 0 aromatic heterocycles. The van der Waals surface area contributed by atoms with E-state index in [-0.39, 0.29) is 23.7 Å². The van der Waals surface area contributed by atoms with Crippen LogP contribution in [0.5, 0.6) is 5.75 Å². The molecule has 0 saturated heterocycles. The number of rotatable bonds is 2. The minimum atomic E-state index is -0.102. The Kier molecular flexibility index (Phi) is 3.87. The number of nitrogens with two attached hydrogens (primary N) is 1. The number of nitrogens with one attached hydrogen (secondary N) is 1. The minimum absolute atomic E-state index is 0.0557. The number of benzene rings is 1. The lowest BCUT2D eigenvalue weighted by Crippen LogP contribution is -2.49. The Labute approximate surface area is 107 Å². The number of phenols is 1. The maximum absolute atomic E-state index is 12.1. The van der Waals surface area contributed by atoms with E-state index in [4.69, 9.17) is 5.73 Å². The fourth-order valence-electron chi connectivity index (χ4n) is 2.49. The lowest BCUT2D eigenvalue weighted by atomic mass is 9.90. The predicted octanol–water partition coefficient (Wildman–Crippen LogP) is 1.70. The number of amides is 1. The molecule has 18 heavy (non-hydrogen) atoms. The van der Waals surface area contributed by atoms with Crippen LogP contribution in [0.15, 0.2) is 18.2 Å². The molecule has 98 valence electrons. The highest BCUT2D eigenvalue weighted by Gasteiger charge is 2.24. The van der Waals surface area contributed by atoms with Gasteiger partial charge in [-0.3, -0.25) is 4.79 Å². The van der Waals surface area contributed by atoms with Crippen LogP contribution < -0.4 is 11.1 Å². The molecule has 1 aliphatic rings. The van der Waals surface area contributed by atoms with E-state index in [1.165, 1.54) is 6.07 Å². The van der Waals surface area contributed by atoms with Gasteiger partial charge in [-0.15, -0.1) is 0 Å². The number of aromatic hydroxyl groups is 1. The van der Waals surface area contributed by atoms with Gasteiger partial charge in [0.25, 0.3) is 5.91 Å². The zero-order valence-corrected chi connectivity index (χ0v) is 10.6. The third-order valence-electron chi connectivity index (χ3n) is 3.59. The molecular weight excluding hydrogens is 228 g/mol. The van der Waals surface area contributed by atoms with Crippen molar-refractivity contribution in [2.24, 2.45) is 5.73 Å². The zero-order valence-electron chi connectivity index (χ0n) is 10.6. The highest BCUT2D eigenvalue weighted by molar-refractivity contribution is 5.96. The molecule has 1 saturated carbocycles. The molecule has 1 aromatic rings. The molecule has 0 radical (unpaired) electrons. The third-order valence-corrected chi connectivity index (χ3v) is 3.59. The number of carbonyl (C=O) groups excluding carboxylic acids is 1. The van der Waals surface area contributed by atoms with E-state index in [1.807, 2.05) is 6.92 Å². The van der Waals surface area contributed by atoms with Gasteiger partial charge in [-0.05, 0) is 43.5 Å². The molecule has 1 fully saturated rings. The van der Waals surface area contributed by atoms with Crippen LogP contribution in [0.25, 0.3) is 0 Å². The highest BCUT2D eigenvalue weighted by Crippen LogP contribution is 2.19. The topological polar surface area (TPSA) is 75.3 Å². The average molecular weight is 248 g/mol. The molecule has 4 nitrogen and oxygen atoms in total. The van der Waals surface area contributed by atoms with Crippen LogP contribution in [0.1, 0.15) is 41.6 Å². The largest absolute Gasteiger partial charge is 0.508 e. The molecular formula is C14H20N2O2. The summed E-state index contributed by atoms with van der Waals surface area (Å²) in [7, 11) is 0. The SMILES string of the molecule is Cc1cc(O)ccc1C(=O)N[C@@H]1CCCC[C@H]1N. The molecule has 2 atom stereocenters. The molecule has 0 spiro atoms. The van der Waals surface area contributed by atoms with Gasteiger partial charge in [0.15, 0.2) is 0 Å². The summed E-state index contributed by atoms with van der Waals surface area (Å²) in [4.78, 5) is 12.1. The fourth-order valence-corrected chi connectivity index (χ4v) is 2.49. The quantitative estimate of drug-likeness (QED) is 0.745. The van der Waals surface area contributed by atoms with Gasteiger partial charge in [0, 0.05) is 17.6 Å². The van der Waals surface area contributed by atoms with Crippen molar-refractivity contribution in [3.8, 4) is 5.75 Å². The van der Waals surface area contributed by atoms with Crippen molar-refractivity contribution in [1.82, 2.24) is 5.32 Å². The van der Waals surface area contributed by atoms with Crippen LogP contribution in [0, 0.1) is 6.92 Å². The summed E-state index contributed by atoms with van der Waals surface area (Å²) in [6, 6.07) is 4.90. The molecule has 0 heterocycles. The second-order valence-corrected chi connectivity index (χ2v) is 5.03. The summed E-state index contributed by atoms with van der Waals surface area (Å²) in [5.74, 6) is 0.0771. The van der Waals surface area contributed by atoms with E-state index in [0.717, 1.165) is 31.2 Å². The summed E-state index contributed by atoms with van der Waals surface area (Å²) in [5, 5.41) is 12.3. The molecule has 0 aliphatic heterocycles. The van der Waals surface area contributed by atoms with Gasteiger partial charge in [-0.25, -0.2) is 0 Å². The van der Waals surface area contributed by atoms with Crippen LogP contribution in [0.2, 0.25) is 0 Å². The first-order chi connectivity index (χ1) is 8.58. The van der Waals surface area contributed by atoms with Gasteiger partial charge in [-0.1, -0.05) is 12.8 Å². The molecule has 4 N–H and O–H groups in total. The minimum Gasteiger partial charge on any atom is -0.508 e. The number of hydrogen-bond donors (Lipinski definition) is 3. The van der Waals surface area contributed by atoms with Crippen molar-refractivity contribution in [3.63, 3.8) is 0 Å². The van der Waals surface area contributed by atoms with Gasteiger partial charge < -0.3 is 16.2 Å². The molecule has 1 aromatic carbocycles. The number of hydrogen-bond acceptors (Lipinski definition) is 3. The average Bonchev–Trinajstić information content (AvgIpc) is 2.32. The summed E-state index contributed by atoms with van der Waals surface area (Å²) < 4.78 is 0. The summed E-state index contributed by atoms with van der Waals surface area (Å²) in [5.41, 5.74) is 7.39. The van der Waals surface area contributed by atoms with Crippen LogP contribution in [0.4, 0.5) is 0 Å². The summed E-state index contributed by atoms with van der Waals surface area (Å²) in [6.07, 6.45) is 4.18. The van der Waals surface area contributed by atoms with Crippen LogP contribution in [-0.2, 0) is 0 Å². The van der Waals surface area contributed by atoms with Crippen molar-refractivity contribution < 1.29 is 9.90 Å². The van der Waals surface area contributed by atoms with E-state index < -0.39 is 0 Å². The zero-order chi connectivity index (χ0) is 13.1. The van der Waals surface area contributed by atoms with Crippen molar-refractivity contribution in [2.45, 2.75) is 44.7 Å². The maximum Gasteiger partial charge on any atom is 0.251 e. The van der Waals surface area contributed by atoms with E-state index in [1.54, 1.807) is 12.1 Å². The molecule has 0 unspecified atom stereocenters. The number of phenolic OH excluding ortho intramolecular Hbond substituents is 1. The van der Waals surface area contributed by atoms with Gasteiger partial charge in [-0.2, -0.15) is 0 Å². The monoisotopic (exact) mass is 248 g/mol. The maximum atomic E-state index is 12.1. The molecule has 2 rings (SSSR count). The first-order valence-corrected chi connectivity index (χ1v) is 6.44. The Balaban J connectivity index is 2.07. The number of carbonyl (C=O) groups is 1. The molecule has 4 heteroatoms. The smallest absolute Gasteiger partial charge is 0.251 e. The van der Waals surface area contributed by atoms with E-state index in [9.17, 15) is 9.90 Å². The van der Waals surface area contributed by atoms with Crippen LogP contribution >= 0.6 is 0 Å². The second kappa shape index (κ2) is 5.40. The molecule has 0 bridgehead atoms. The Bertz CT molecular complexity index is 445. The van der Waals surface area contributed by atoms with Crippen LogP contribution in [-0.4, -0.2) is 23.1 Å². The van der Waals surface area contributed by atoms with E-state index >= 15 is 0 Å². The van der Waals surface area contributed by atoms with E-state index in [0.29, 0.717) is 5.56 Å².